The Kier molecular flexibility index (Phi) is 6.94. The molecule has 0 saturated carbocycles. The van der Waals surface area contributed by atoms with Gasteiger partial charge in [0, 0.05) is 11.6 Å². The molecular formula is C19H22ClNO3. The zero-order valence-corrected chi connectivity index (χ0v) is 14.7. The van der Waals surface area contributed by atoms with Gasteiger partial charge in [-0.15, -0.1) is 0 Å². The molecule has 1 amide bonds. The second-order valence-electron chi connectivity index (χ2n) is 5.46. The van der Waals surface area contributed by atoms with Gasteiger partial charge in [0.1, 0.15) is 11.5 Å². The number of carbonyl (C=O) groups is 1. The third-order valence-corrected chi connectivity index (χ3v) is 3.79. The van der Waals surface area contributed by atoms with E-state index in [9.17, 15) is 4.79 Å². The first-order valence-electron chi connectivity index (χ1n) is 7.91. The minimum atomic E-state index is -0.569. The van der Waals surface area contributed by atoms with Crippen LogP contribution in [0.2, 0.25) is 5.02 Å². The third kappa shape index (κ3) is 5.78. The number of rotatable bonds is 8. The lowest BCUT2D eigenvalue weighted by atomic mass is 10.1. The Morgan fingerprint density at radius 3 is 2.67 bits per heavy atom. The number of hydrogen-bond donors (Lipinski definition) is 1. The number of methoxy groups -OCH3 is 1. The van der Waals surface area contributed by atoms with Crippen molar-refractivity contribution in [2.45, 2.75) is 25.9 Å². The summed E-state index contributed by atoms with van der Waals surface area (Å²) in [4.78, 5) is 12.1. The number of halogens is 1. The Labute approximate surface area is 147 Å². The molecule has 1 N–H and O–H groups in total. The molecule has 128 valence electrons. The van der Waals surface area contributed by atoms with E-state index in [1.54, 1.807) is 38.3 Å². The van der Waals surface area contributed by atoms with Crippen LogP contribution < -0.4 is 14.8 Å². The first kappa shape index (κ1) is 18.1. The van der Waals surface area contributed by atoms with E-state index in [0.29, 0.717) is 17.3 Å². The van der Waals surface area contributed by atoms with Crippen LogP contribution in [0.5, 0.6) is 11.5 Å². The minimum Gasteiger partial charge on any atom is -0.497 e. The maximum absolute atomic E-state index is 12.1. The molecule has 2 aromatic rings. The van der Waals surface area contributed by atoms with E-state index in [-0.39, 0.29) is 5.91 Å². The van der Waals surface area contributed by atoms with Crippen molar-refractivity contribution in [1.82, 2.24) is 5.32 Å². The molecule has 0 bridgehead atoms. The van der Waals surface area contributed by atoms with Crippen molar-refractivity contribution < 1.29 is 14.3 Å². The molecule has 0 radical (unpaired) electrons. The van der Waals surface area contributed by atoms with Crippen LogP contribution in [0.25, 0.3) is 0 Å². The maximum atomic E-state index is 12.1. The molecule has 0 heterocycles. The molecule has 0 aliphatic rings. The summed E-state index contributed by atoms with van der Waals surface area (Å²) in [5.41, 5.74) is 1.19. The van der Waals surface area contributed by atoms with Crippen molar-refractivity contribution in [2.24, 2.45) is 0 Å². The Balaban J connectivity index is 1.72. The van der Waals surface area contributed by atoms with Crippen LogP contribution in [0, 0.1) is 0 Å². The Hall–Kier alpha value is -2.20. The number of ether oxygens (including phenoxy) is 2. The molecule has 2 aromatic carbocycles. The summed E-state index contributed by atoms with van der Waals surface area (Å²) < 4.78 is 10.8. The molecule has 5 heteroatoms. The van der Waals surface area contributed by atoms with Crippen molar-refractivity contribution in [3.63, 3.8) is 0 Å². The van der Waals surface area contributed by atoms with Gasteiger partial charge >= 0.3 is 0 Å². The number of amides is 1. The number of aryl methyl sites for hydroxylation is 1. The topological polar surface area (TPSA) is 47.6 Å². The van der Waals surface area contributed by atoms with Crippen molar-refractivity contribution in [3.8, 4) is 11.5 Å². The summed E-state index contributed by atoms with van der Waals surface area (Å²) in [6.07, 6.45) is 1.16. The van der Waals surface area contributed by atoms with E-state index >= 15 is 0 Å². The Morgan fingerprint density at radius 1 is 1.17 bits per heavy atom. The zero-order chi connectivity index (χ0) is 17.4. The van der Waals surface area contributed by atoms with Gasteiger partial charge < -0.3 is 14.8 Å². The fraction of sp³-hybridized carbons (Fsp3) is 0.316. The van der Waals surface area contributed by atoms with Gasteiger partial charge in [0.15, 0.2) is 6.10 Å². The summed E-state index contributed by atoms with van der Waals surface area (Å²) in [6.45, 7) is 2.32. The second-order valence-corrected chi connectivity index (χ2v) is 5.90. The average molecular weight is 348 g/mol. The highest BCUT2D eigenvalue weighted by atomic mass is 35.5. The monoisotopic (exact) mass is 347 g/mol. The summed E-state index contributed by atoms with van der Waals surface area (Å²) in [7, 11) is 1.65. The van der Waals surface area contributed by atoms with Crippen molar-refractivity contribution in [1.29, 1.82) is 0 Å². The van der Waals surface area contributed by atoms with Gasteiger partial charge in [-0.1, -0.05) is 29.8 Å². The van der Waals surface area contributed by atoms with E-state index in [4.69, 9.17) is 21.1 Å². The fourth-order valence-corrected chi connectivity index (χ4v) is 2.45. The quantitative estimate of drug-likeness (QED) is 0.737. The fourth-order valence-electron chi connectivity index (χ4n) is 2.27. The van der Waals surface area contributed by atoms with Crippen LogP contribution >= 0.6 is 11.6 Å². The van der Waals surface area contributed by atoms with Crippen LogP contribution in [-0.2, 0) is 11.2 Å². The Bertz CT molecular complexity index is 675. The average Bonchev–Trinajstić information content (AvgIpc) is 2.58. The summed E-state index contributed by atoms with van der Waals surface area (Å²) in [5.74, 6) is 1.29. The second kappa shape index (κ2) is 9.18. The standard InChI is InChI=1S/C19H22ClNO3/c1-14(24-18-10-4-8-16(20)13-18)19(22)21-11-5-7-15-6-3-9-17(12-15)23-2/h3-4,6,8-10,12-14H,5,7,11H2,1-2H3,(H,21,22). The Morgan fingerprint density at radius 2 is 1.92 bits per heavy atom. The summed E-state index contributed by atoms with van der Waals surface area (Å²) in [6, 6.07) is 15.0. The van der Waals surface area contributed by atoms with E-state index in [1.807, 2.05) is 18.2 Å². The highest BCUT2D eigenvalue weighted by Crippen LogP contribution is 2.18. The maximum Gasteiger partial charge on any atom is 0.260 e. The number of benzene rings is 2. The van der Waals surface area contributed by atoms with Gasteiger partial charge in [-0.05, 0) is 55.7 Å². The van der Waals surface area contributed by atoms with Crippen molar-refractivity contribution in [3.05, 3.63) is 59.1 Å². The van der Waals surface area contributed by atoms with Gasteiger partial charge in [0.05, 0.1) is 7.11 Å². The van der Waals surface area contributed by atoms with Gasteiger partial charge in [-0.3, -0.25) is 4.79 Å². The summed E-state index contributed by atoms with van der Waals surface area (Å²) in [5, 5.41) is 3.47. The minimum absolute atomic E-state index is 0.138. The molecule has 0 aromatic heterocycles. The van der Waals surface area contributed by atoms with Crippen LogP contribution in [0.4, 0.5) is 0 Å². The molecule has 0 spiro atoms. The molecule has 1 unspecified atom stereocenters. The highest BCUT2D eigenvalue weighted by molar-refractivity contribution is 6.30. The van der Waals surface area contributed by atoms with Crippen molar-refractivity contribution in [2.75, 3.05) is 13.7 Å². The predicted molar refractivity (Wildman–Crippen MR) is 95.9 cm³/mol. The molecule has 0 saturated heterocycles. The zero-order valence-electron chi connectivity index (χ0n) is 13.9. The molecule has 4 nitrogen and oxygen atoms in total. The van der Waals surface area contributed by atoms with Gasteiger partial charge in [0.25, 0.3) is 5.91 Å². The van der Waals surface area contributed by atoms with Crippen molar-refractivity contribution >= 4 is 17.5 Å². The highest BCUT2D eigenvalue weighted by Gasteiger charge is 2.14. The van der Waals surface area contributed by atoms with E-state index in [2.05, 4.69) is 11.4 Å². The van der Waals surface area contributed by atoms with Crippen LogP contribution in [0.3, 0.4) is 0 Å². The molecule has 24 heavy (non-hydrogen) atoms. The van der Waals surface area contributed by atoms with E-state index in [0.717, 1.165) is 18.6 Å². The molecular weight excluding hydrogens is 326 g/mol. The predicted octanol–water partition coefficient (Wildman–Crippen LogP) is 3.86. The lowest BCUT2D eigenvalue weighted by Gasteiger charge is -2.15. The van der Waals surface area contributed by atoms with E-state index in [1.165, 1.54) is 5.56 Å². The van der Waals surface area contributed by atoms with Crippen LogP contribution in [0.15, 0.2) is 48.5 Å². The smallest absolute Gasteiger partial charge is 0.260 e. The first-order chi connectivity index (χ1) is 11.6. The largest absolute Gasteiger partial charge is 0.497 e. The lowest BCUT2D eigenvalue weighted by Crippen LogP contribution is -2.36. The SMILES string of the molecule is COc1cccc(CCCNC(=O)C(C)Oc2cccc(Cl)c2)c1. The first-order valence-corrected chi connectivity index (χ1v) is 8.29. The number of hydrogen-bond acceptors (Lipinski definition) is 3. The van der Waals surface area contributed by atoms with Crippen LogP contribution in [-0.4, -0.2) is 25.7 Å². The number of carbonyl (C=O) groups excluding carboxylic acids is 1. The van der Waals surface area contributed by atoms with Gasteiger partial charge in [-0.2, -0.15) is 0 Å². The molecule has 0 aliphatic carbocycles. The van der Waals surface area contributed by atoms with E-state index < -0.39 is 6.10 Å². The number of nitrogens with one attached hydrogen (secondary N) is 1. The lowest BCUT2D eigenvalue weighted by molar-refractivity contribution is -0.127. The van der Waals surface area contributed by atoms with Gasteiger partial charge in [-0.25, -0.2) is 0 Å². The molecule has 0 aliphatic heterocycles. The molecule has 2 rings (SSSR count). The summed E-state index contributed by atoms with van der Waals surface area (Å²) >= 11 is 5.90. The normalized spacial score (nSPS) is 11.6. The molecule has 0 fully saturated rings. The third-order valence-electron chi connectivity index (χ3n) is 3.55. The molecule has 1 atom stereocenters. The van der Waals surface area contributed by atoms with Gasteiger partial charge in [0.2, 0.25) is 0 Å². The van der Waals surface area contributed by atoms with Crippen LogP contribution in [0.1, 0.15) is 18.9 Å².